The van der Waals surface area contributed by atoms with Gasteiger partial charge in [-0.2, -0.15) is 0 Å². The third-order valence-electron chi connectivity index (χ3n) is 12.0. The van der Waals surface area contributed by atoms with Crippen LogP contribution in [-0.2, 0) is 14.3 Å². The summed E-state index contributed by atoms with van der Waals surface area (Å²) >= 11 is 0. The third kappa shape index (κ3) is 5.96. The van der Waals surface area contributed by atoms with Crippen LogP contribution in [0, 0.1) is 46.3 Å². The lowest BCUT2D eigenvalue weighted by molar-refractivity contribution is -0.142. The number of ether oxygens (including phenoxy) is 1. The first-order valence-corrected chi connectivity index (χ1v) is 15.8. The zero-order valence-corrected chi connectivity index (χ0v) is 25.4. The van der Waals surface area contributed by atoms with Crippen molar-refractivity contribution in [1.82, 2.24) is 16.0 Å². The summed E-state index contributed by atoms with van der Waals surface area (Å²) in [5.41, 5.74) is 0.683. The molecular formula is C32H57N3O3. The molecule has 10 atom stereocenters. The van der Waals surface area contributed by atoms with Crippen LogP contribution in [-0.4, -0.2) is 50.2 Å². The molecule has 0 aromatic carbocycles. The molecule has 0 aliphatic heterocycles. The molecule has 0 aromatic rings. The van der Waals surface area contributed by atoms with Crippen LogP contribution >= 0.6 is 0 Å². The van der Waals surface area contributed by atoms with Gasteiger partial charge in [0.2, 0.25) is 5.91 Å². The molecule has 218 valence electrons. The minimum absolute atomic E-state index is 0.0847. The van der Waals surface area contributed by atoms with Crippen molar-refractivity contribution < 1.29 is 14.3 Å². The summed E-state index contributed by atoms with van der Waals surface area (Å²) in [4.78, 5) is 24.3. The molecular weight excluding hydrogens is 474 g/mol. The van der Waals surface area contributed by atoms with Crippen LogP contribution in [0.2, 0.25) is 0 Å². The molecule has 4 aliphatic carbocycles. The average Bonchev–Trinajstić information content (AvgIpc) is 3.22. The van der Waals surface area contributed by atoms with E-state index >= 15 is 0 Å². The maximum absolute atomic E-state index is 12.5. The van der Waals surface area contributed by atoms with Gasteiger partial charge in [-0.05, 0) is 104 Å². The van der Waals surface area contributed by atoms with Crippen molar-refractivity contribution in [3.05, 3.63) is 0 Å². The predicted octanol–water partition coefficient (Wildman–Crippen LogP) is 5.31. The predicted molar refractivity (Wildman–Crippen MR) is 154 cm³/mol. The Hall–Kier alpha value is -1.14. The fourth-order valence-electron chi connectivity index (χ4n) is 10.1. The minimum Gasteiger partial charge on any atom is -0.469 e. The zero-order chi connectivity index (χ0) is 27.7. The van der Waals surface area contributed by atoms with Gasteiger partial charge in [0.1, 0.15) is 0 Å². The van der Waals surface area contributed by atoms with E-state index in [9.17, 15) is 9.59 Å². The standard InChI is InChI=1S/C32H57N3O3/c1-20(2)33-16-17-34-24-12-14-31(5)23(18-24)19-28(35-22(4)36)30-26-10-9-25(21(3)8-11-29(37)38-7)32(26,6)15-13-27(30)31/h20-21,23-28,30,33-34H,8-19H2,1-7H3,(H,35,36)/t21-,23-,24-,25-,26?,27?,28?,30?,31+,32-/m1/s1. The Balaban J connectivity index is 1.49. The van der Waals surface area contributed by atoms with Crippen LogP contribution in [0.5, 0.6) is 0 Å². The normalized spacial score (nSPS) is 41.1. The Morgan fingerprint density at radius 3 is 2.34 bits per heavy atom. The van der Waals surface area contributed by atoms with Crippen LogP contribution in [0.1, 0.15) is 106 Å². The van der Waals surface area contributed by atoms with Gasteiger partial charge in [0.25, 0.3) is 0 Å². The fourth-order valence-corrected chi connectivity index (χ4v) is 10.1. The van der Waals surface area contributed by atoms with Crippen molar-refractivity contribution >= 4 is 11.9 Å². The largest absolute Gasteiger partial charge is 0.469 e. The summed E-state index contributed by atoms with van der Waals surface area (Å²) in [6.07, 6.45) is 11.5. The van der Waals surface area contributed by atoms with Crippen molar-refractivity contribution in [2.75, 3.05) is 20.2 Å². The zero-order valence-electron chi connectivity index (χ0n) is 25.4. The number of carbonyl (C=O) groups excluding carboxylic acids is 2. The highest BCUT2D eigenvalue weighted by Gasteiger charge is 2.63. The second-order valence-corrected chi connectivity index (χ2v) is 14.4. The summed E-state index contributed by atoms with van der Waals surface area (Å²) in [5, 5.41) is 10.9. The Morgan fingerprint density at radius 2 is 1.66 bits per heavy atom. The van der Waals surface area contributed by atoms with E-state index in [1.807, 2.05) is 0 Å². The second kappa shape index (κ2) is 12.2. The van der Waals surface area contributed by atoms with Crippen LogP contribution in [0.15, 0.2) is 0 Å². The van der Waals surface area contributed by atoms with E-state index in [4.69, 9.17) is 4.74 Å². The van der Waals surface area contributed by atoms with Crippen LogP contribution in [0.3, 0.4) is 0 Å². The minimum atomic E-state index is -0.0847. The van der Waals surface area contributed by atoms with Gasteiger partial charge in [-0.15, -0.1) is 0 Å². The molecule has 4 aliphatic rings. The van der Waals surface area contributed by atoms with Gasteiger partial charge in [0.15, 0.2) is 0 Å². The molecule has 0 heterocycles. The molecule has 0 bridgehead atoms. The Morgan fingerprint density at radius 1 is 0.947 bits per heavy atom. The lowest BCUT2D eigenvalue weighted by atomic mass is 9.43. The molecule has 3 N–H and O–H groups in total. The van der Waals surface area contributed by atoms with Crippen LogP contribution in [0.25, 0.3) is 0 Å². The fraction of sp³-hybridized carbons (Fsp3) is 0.938. The molecule has 6 heteroatoms. The van der Waals surface area contributed by atoms with Crippen molar-refractivity contribution in [3.8, 4) is 0 Å². The number of hydrogen-bond donors (Lipinski definition) is 3. The summed E-state index contributed by atoms with van der Waals surface area (Å²) in [5.74, 6) is 3.85. The smallest absolute Gasteiger partial charge is 0.305 e. The molecule has 4 unspecified atom stereocenters. The topological polar surface area (TPSA) is 79.5 Å². The highest BCUT2D eigenvalue weighted by Crippen LogP contribution is 2.68. The number of hydrogen-bond acceptors (Lipinski definition) is 5. The maximum Gasteiger partial charge on any atom is 0.305 e. The van der Waals surface area contributed by atoms with E-state index in [-0.39, 0.29) is 11.9 Å². The number of fused-ring (bicyclic) bond motifs is 5. The number of esters is 1. The van der Waals surface area contributed by atoms with E-state index in [0.29, 0.717) is 70.9 Å². The molecule has 1 amide bonds. The van der Waals surface area contributed by atoms with Crippen molar-refractivity contribution in [2.45, 2.75) is 124 Å². The van der Waals surface area contributed by atoms with Gasteiger partial charge in [-0.25, -0.2) is 0 Å². The first kappa shape index (κ1) is 29.8. The first-order chi connectivity index (χ1) is 18.0. The molecule has 0 aromatic heterocycles. The molecule has 0 spiro atoms. The monoisotopic (exact) mass is 531 g/mol. The Bertz CT molecular complexity index is 833. The van der Waals surface area contributed by atoms with E-state index < -0.39 is 0 Å². The number of methoxy groups -OCH3 is 1. The molecule has 4 rings (SSSR count). The highest BCUT2D eigenvalue weighted by molar-refractivity contribution is 5.73. The molecule has 0 radical (unpaired) electrons. The molecule has 38 heavy (non-hydrogen) atoms. The van der Waals surface area contributed by atoms with E-state index in [1.165, 1.54) is 52.1 Å². The first-order valence-electron chi connectivity index (χ1n) is 15.8. The summed E-state index contributed by atoms with van der Waals surface area (Å²) in [6.45, 7) is 15.7. The van der Waals surface area contributed by atoms with Crippen LogP contribution < -0.4 is 16.0 Å². The van der Waals surface area contributed by atoms with Crippen molar-refractivity contribution in [1.29, 1.82) is 0 Å². The highest BCUT2D eigenvalue weighted by atomic mass is 16.5. The molecule has 4 fully saturated rings. The second-order valence-electron chi connectivity index (χ2n) is 14.4. The Labute approximate surface area is 232 Å². The summed E-state index contributed by atoms with van der Waals surface area (Å²) in [7, 11) is 1.49. The third-order valence-corrected chi connectivity index (χ3v) is 12.0. The number of rotatable bonds is 10. The maximum atomic E-state index is 12.5. The Kier molecular flexibility index (Phi) is 9.55. The molecule has 0 saturated heterocycles. The van der Waals surface area contributed by atoms with E-state index in [1.54, 1.807) is 6.92 Å². The molecule has 6 nitrogen and oxygen atoms in total. The van der Waals surface area contributed by atoms with Gasteiger partial charge in [0.05, 0.1) is 7.11 Å². The van der Waals surface area contributed by atoms with Gasteiger partial charge in [0, 0.05) is 44.6 Å². The van der Waals surface area contributed by atoms with E-state index in [2.05, 4.69) is 50.6 Å². The van der Waals surface area contributed by atoms with Gasteiger partial charge in [-0.1, -0.05) is 34.6 Å². The average molecular weight is 532 g/mol. The lowest BCUT2D eigenvalue weighted by Crippen LogP contribution is -2.62. The van der Waals surface area contributed by atoms with Crippen LogP contribution in [0.4, 0.5) is 0 Å². The summed E-state index contributed by atoms with van der Waals surface area (Å²) < 4.78 is 4.94. The van der Waals surface area contributed by atoms with Gasteiger partial charge in [-0.3, -0.25) is 9.59 Å². The van der Waals surface area contributed by atoms with E-state index in [0.717, 1.165) is 25.9 Å². The SMILES string of the molecule is COC(=O)CC[C@@H](C)[C@H]1CCC2C3C(NC(C)=O)C[C@H]4C[C@H](NCCNC(C)C)CC[C@]4(C)C3CC[C@@]21C. The van der Waals surface area contributed by atoms with Crippen molar-refractivity contribution in [2.24, 2.45) is 46.3 Å². The lowest BCUT2D eigenvalue weighted by Gasteiger charge is -2.63. The molecule has 4 saturated carbocycles. The van der Waals surface area contributed by atoms with Gasteiger partial charge < -0.3 is 20.7 Å². The quantitative estimate of drug-likeness (QED) is 0.263. The summed E-state index contributed by atoms with van der Waals surface area (Å²) in [6, 6.07) is 1.42. The number of amides is 1. The van der Waals surface area contributed by atoms with Crippen molar-refractivity contribution in [3.63, 3.8) is 0 Å². The van der Waals surface area contributed by atoms with Gasteiger partial charge >= 0.3 is 5.97 Å². The number of carbonyl (C=O) groups is 2. The number of nitrogens with one attached hydrogen (secondary N) is 3.